The van der Waals surface area contributed by atoms with Gasteiger partial charge < -0.3 is 14.4 Å². The normalized spacial score (nSPS) is 29.5. The summed E-state index contributed by atoms with van der Waals surface area (Å²) < 4.78 is 10.9. The molecule has 1 saturated carbocycles. The molecule has 120 valence electrons. The van der Waals surface area contributed by atoms with Crippen LogP contribution in [0, 0.1) is 5.41 Å². The van der Waals surface area contributed by atoms with E-state index in [9.17, 15) is 4.79 Å². The van der Waals surface area contributed by atoms with Crippen LogP contribution in [0.5, 0.6) is 0 Å². The van der Waals surface area contributed by atoms with Crippen LogP contribution >= 0.6 is 0 Å². The number of carbonyl (C=O) groups excluding carboxylic acids is 1. The first kappa shape index (κ1) is 15.1. The summed E-state index contributed by atoms with van der Waals surface area (Å²) in [5.41, 5.74) is -0.0360. The Morgan fingerprint density at radius 1 is 1.24 bits per heavy atom. The van der Waals surface area contributed by atoms with Crippen LogP contribution < -0.4 is 0 Å². The second kappa shape index (κ2) is 5.43. The molecule has 3 fully saturated rings. The molecule has 0 aromatic heterocycles. The predicted octanol–water partition coefficient (Wildman–Crippen LogP) is 2.11. The van der Waals surface area contributed by atoms with Gasteiger partial charge in [0.1, 0.15) is 5.60 Å². The highest BCUT2D eigenvalue weighted by Gasteiger charge is 2.51. The molecule has 2 heterocycles. The molecule has 0 radical (unpaired) electrons. The molecule has 0 bridgehead atoms. The van der Waals surface area contributed by atoms with E-state index in [4.69, 9.17) is 9.47 Å². The Morgan fingerprint density at radius 2 is 1.90 bits per heavy atom. The fraction of sp³-hybridized carbons (Fsp3) is 0.938. The van der Waals surface area contributed by atoms with Gasteiger partial charge in [0.05, 0.1) is 13.2 Å². The second-order valence-electron chi connectivity index (χ2n) is 7.88. The van der Waals surface area contributed by atoms with Crippen LogP contribution in [0.3, 0.4) is 0 Å². The van der Waals surface area contributed by atoms with Gasteiger partial charge in [0, 0.05) is 37.6 Å². The van der Waals surface area contributed by atoms with Crippen molar-refractivity contribution >= 4 is 6.09 Å². The summed E-state index contributed by atoms with van der Waals surface area (Å²) in [6, 6.07) is 0.690. The largest absolute Gasteiger partial charge is 0.444 e. The average molecular weight is 296 g/mol. The molecule has 0 aromatic carbocycles. The number of ether oxygens (including phenoxy) is 2. The number of rotatable bonds is 1. The lowest BCUT2D eigenvalue weighted by atomic mass is 9.78. The summed E-state index contributed by atoms with van der Waals surface area (Å²) in [4.78, 5) is 16.5. The number of amides is 1. The smallest absolute Gasteiger partial charge is 0.410 e. The molecule has 2 aliphatic heterocycles. The molecule has 3 rings (SSSR count). The van der Waals surface area contributed by atoms with Gasteiger partial charge >= 0.3 is 6.09 Å². The van der Waals surface area contributed by atoms with Crippen molar-refractivity contribution in [2.75, 3.05) is 39.4 Å². The van der Waals surface area contributed by atoms with E-state index in [2.05, 4.69) is 4.90 Å². The topological polar surface area (TPSA) is 42.0 Å². The molecule has 0 aromatic rings. The van der Waals surface area contributed by atoms with Gasteiger partial charge in [-0.15, -0.1) is 0 Å². The van der Waals surface area contributed by atoms with Gasteiger partial charge in [-0.05, 0) is 40.0 Å². The summed E-state index contributed by atoms with van der Waals surface area (Å²) in [6.45, 7) is 11.4. The predicted molar refractivity (Wildman–Crippen MR) is 80.3 cm³/mol. The van der Waals surface area contributed by atoms with E-state index in [1.54, 1.807) is 0 Å². The van der Waals surface area contributed by atoms with E-state index < -0.39 is 5.60 Å². The van der Waals surface area contributed by atoms with Crippen molar-refractivity contribution in [2.45, 2.75) is 51.7 Å². The Balaban J connectivity index is 1.48. The van der Waals surface area contributed by atoms with Crippen LogP contribution in [0.25, 0.3) is 0 Å². The van der Waals surface area contributed by atoms with Crippen LogP contribution in [-0.2, 0) is 9.47 Å². The van der Waals surface area contributed by atoms with Crippen molar-refractivity contribution in [2.24, 2.45) is 5.41 Å². The highest BCUT2D eigenvalue weighted by atomic mass is 16.6. The number of hydrogen-bond donors (Lipinski definition) is 0. The number of morpholine rings is 1. The number of nitrogens with zero attached hydrogens (tertiary/aromatic N) is 2. The summed E-state index contributed by atoms with van der Waals surface area (Å²) >= 11 is 0. The maximum Gasteiger partial charge on any atom is 0.410 e. The molecule has 1 atom stereocenters. The monoisotopic (exact) mass is 296 g/mol. The van der Waals surface area contributed by atoms with Crippen molar-refractivity contribution in [3.63, 3.8) is 0 Å². The Kier molecular flexibility index (Phi) is 3.91. The van der Waals surface area contributed by atoms with Gasteiger partial charge in [-0.2, -0.15) is 0 Å². The maximum atomic E-state index is 12.0. The van der Waals surface area contributed by atoms with Gasteiger partial charge in [0.15, 0.2) is 0 Å². The lowest BCUT2D eigenvalue weighted by Gasteiger charge is -2.48. The highest BCUT2D eigenvalue weighted by Crippen LogP contribution is 2.47. The molecule has 3 aliphatic rings. The minimum atomic E-state index is -0.397. The molecule has 0 N–H and O–H groups in total. The van der Waals surface area contributed by atoms with Crippen LogP contribution in [0.1, 0.15) is 40.0 Å². The van der Waals surface area contributed by atoms with E-state index in [0.717, 1.165) is 39.4 Å². The maximum absolute atomic E-state index is 12.0. The lowest BCUT2D eigenvalue weighted by molar-refractivity contribution is -0.0374. The van der Waals surface area contributed by atoms with Crippen LogP contribution in [0.2, 0.25) is 0 Å². The SMILES string of the molecule is CC(C)(C)OC(=O)N1CC2(CC[C@@H](N3CCOCC3)C2)C1. The third-order valence-corrected chi connectivity index (χ3v) is 4.94. The molecule has 21 heavy (non-hydrogen) atoms. The second-order valence-corrected chi connectivity index (χ2v) is 7.88. The number of carbonyl (C=O) groups is 1. The molecule has 1 spiro atoms. The summed E-state index contributed by atoms with van der Waals surface area (Å²) in [7, 11) is 0. The standard InChI is InChI=1S/C16H28N2O3/c1-15(2,3)21-14(19)18-11-16(12-18)5-4-13(10-16)17-6-8-20-9-7-17/h13H,4-12H2,1-3H3/t13-/m1/s1. The Morgan fingerprint density at radius 3 is 2.52 bits per heavy atom. The number of likely N-dealkylation sites (tertiary alicyclic amines) is 1. The van der Waals surface area contributed by atoms with E-state index in [0.29, 0.717) is 11.5 Å². The average Bonchev–Trinajstić information content (AvgIpc) is 2.81. The molecule has 5 heteroatoms. The van der Waals surface area contributed by atoms with Crippen LogP contribution in [-0.4, -0.2) is 66.9 Å². The van der Waals surface area contributed by atoms with E-state index >= 15 is 0 Å². The summed E-state index contributed by atoms with van der Waals surface area (Å²) in [6.07, 6.45) is 3.59. The lowest BCUT2D eigenvalue weighted by Crippen LogP contribution is -2.58. The first-order valence-electron chi connectivity index (χ1n) is 8.17. The van der Waals surface area contributed by atoms with E-state index in [1.807, 2.05) is 25.7 Å². The molecule has 5 nitrogen and oxygen atoms in total. The molecule has 1 aliphatic carbocycles. The highest BCUT2D eigenvalue weighted by molar-refractivity contribution is 5.69. The van der Waals surface area contributed by atoms with Gasteiger partial charge in [-0.25, -0.2) is 4.79 Å². The quantitative estimate of drug-likeness (QED) is 0.743. The van der Waals surface area contributed by atoms with Gasteiger partial charge in [0.25, 0.3) is 0 Å². The Hall–Kier alpha value is -0.810. The summed E-state index contributed by atoms with van der Waals surface area (Å²) in [5, 5.41) is 0. The third kappa shape index (κ3) is 3.34. The zero-order valence-corrected chi connectivity index (χ0v) is 13.6. The van der Waals surface area contributed by atoms with Crippen molar-refractivity contribution in [3.05, 3.63) is 0 Å². The van der Waals surface area contributed by atoms with E-state index in [1.165, 1.54) is 19.3 Å². The first-order chi connectivity index (χ1) is 9.87. The fourth-order valence-electron chi connectivity index (χ4n) is 3.94. The summed E-state index contributed by atoms with van der Waals surface area (Å²) in [5.74, 6) is 0. The minimum Gasteiger partial charge on any atom is -0.444 e. The van der Waals surface area contributed by atoms with Crippen molar-refractivity contribution in [1.82, 2.24) is 9.80 Å². The molecule has 2 saturated heterocycles. The fourth-order valence-corrected chi connectivity index (χ4v) is 3.94. The van der Waals surface area contributed by atoms with Gasteiger partial charge in [-0.3, -0.25) is 4.90 Å². The van der Waals surface area contributed by atoms with Crippen molar-refractivity contribution in [1.29, 1.82) is 0 Å². The molecular formula is C16H28N2O3. The van der Waals surface area contributed by atoms with Gasteiger partial charge in [0.2, 0.25) is 0 Å². The minimum absolute atomic E-state index is 0.150. The number of hydrogen-bond acceptors (Lipinski definition) is 4. The van der Waals surface area contributed by atoms with Crippen LogP contribution in [0.15, 0.2) is 0 Å². The van der Waals surface area contributed by atoms with Crippen molar-refractivity contribution < 1.29 is 14.3 Å². The van der Waals surface area contributed by atoms with Crippen molar-refractivity contribution in [3.8, 4) is 0 Å². The van der Waals surface area contributed by atoms with E-state index in [-0.39, 0.29) is 6.09 Å². The zero-order chi connectivity index (χ0) is 15.1. The zero-order valence-electron chi connectivity index (χ0n) is 13.6. The Labute approximate surface area is 127 Å². The molecular weight excluding hydrogens is 268 g/mol. The molecule has 0 unspecified atom stereocenters. The van der Waals surface area contributed by atoms with Gasteiger partial charge in [-0.1, -0.05) is 0 Å². The Bertz CT molecular complexity index is 393. The first-order valence-corrected chi connectivity index (χ1v) is 8.17. The molecule has 1 amide bonds. The van der Waals surface area contributed by atoms with Crippen LogP contribution in [0.4, 0.5) is 4.79 Å². The third-order valence-electron chi connectivity index (χ3n) is 4.94.